The summed E-state index contributed by atoms with van der Waals surface area (Å²) < 4.78 is 8.96. The Labute approximate surface area is 188 Å². The van der Waals surface area contributed by atoms with Crippen LogP contribution in [0.1, 0.15) is 0 Å². The first kappa shape index (κ1) is 19.8. The van der Waals surface area contributed by atoms with Crippen LogP contribution < -0.4 is 10.4 Å². The molecule has 0 spiro atoms. The molecule has 0 fully saturated rings. The van der Waals surface area contributed by atoms with Gasteiger partial charge in [0.2, 0.25) is 17.7 Å². The van der Waals surface area contributed by atoms with Crippen molar-refractivity contribution in [3.8, 4) is 28.9 Å². The van der Waals surface area contributed by atoms with Gasteiger partial charge in [0.1, 0.15) is 0 Å². The third-order valence-corrected chi connectivity index (χ3v) is 5.64. The summed E-state index contributed by atoms with van der Waals surface area (Å²) in [6.07, 6.45) is 5.40. The Morgan fingerprint density at radius 1 is 1.03 bits per heavy atom. The first-order valence-corrected chi connectivity index (χ1v) is 10.2. The number of rotatable bonds is 3. The van der Waals surface area contributed by atoms with Crippen molar-refractivity contribution in [1.82, 2.24) is 19.1 Å². The number of imidazole rings is 1. The third kappa shape index (κ3) is 3.18. The van der Waals surface area contributed by atoms with Crippen molar-refractivity contribution in [2.45, 2.75) is 0 Å². The summed E-state index contributed by atoms with van der Waals surface area (Å²) in [6, 6.07) is 17.5. The van der Waals surface area contributed by atoms with Crippen LogP contribution in [0.3, 0.4) is 0 Å². The Hall–Kier alpha value is -4.15. The van der Waals surface area contributed by atoms with Gasteiger partial charge in [0.05, 0.1) is 41.7 Å². The molecule has 5 rings (SSSR count). The van der Waals surface area contributed by atoms with Crippen molar-refractivity contribution >= 4 is 33.5 Å². The van der Waals surface area contributed by atoms with Crippen LogP contribution in [-0.4, -0.2) is 26.2 Å². The summed E-state index contributed by atoms with van der Waals surface area (Å²) >= 11 is 6.22. The zero-order valence-corrected chi connectivity index (χ0v) is 18.1. The molecule has 156 valence electrons. The maximum atomic E-state index is 9.35. The summed E-state index contributed by atoms with van der Waals surface area (Å²) in [6.45, 7) is 0. The molecular weight excluding hydrogens is 424 g/mol. The van der Waals surface area contributed by atoms with E-state index in [0.29, 0.717) is 16.5 Å². The normalized spacial score (nSPS) is 11.8. The Kier molecular flexibility index (Phi) is 4.85. The highest BCUT2D eigenvalue weighted by molar-refractivity contribution is 6.30. The standard InChI is InChI=1S/C24H17ClN6O/c1-30-21-13-27-20-8-6-16(15-4-3-5-17(25)10-15)11-19(20)23(21)31(24(30)29-14-26)18-7-9-22(32-2)28-12-18/h3-13H,1-2H3. The van der Waals surface area contributed by atoms with E-state index in [1.165, 1.54) is 0 Å². The van der Waals surface area contributed by atoms with Gasteiger partial charge < -0.3 is 9.30 Å². The fourth-order valence-corrected chi connectivity index (χ4v) is 4.08. The molecule has 0 unspecified atom stereocenters. The van der Waals surface area contributed by atoms with Gasteiger partial charge in [-0.15, -0.1) is 4.99 Å². The number of methoxy groups -OCH3 is 1. The lowest BCUT2D eigenvalue weighted by Gasteiger charge is -2.09. The van der Waals surface area contributed by atoms with Crippen molar-refractivity contribution in [3.63, 3.8) is 0 Å². The number of ether oxygens (including phenoxy) is 1. The van der Waals surface area contributed by atoms with E-state index in [1.54, 1.807) is 25.6 Å². The number of benzene rings is 2. The molecule has 3 heterocycles. The Morgan fingerprint density at radius 2 is 1.88 bits per heavy atom. The van der Waals surface area contributed by atoms with E-state index in [9.17, 15) is 5.26 Å². The molecule has 0 amide bonds. The van der Waals surface area contributed by atoms with Crippen LogP contribution >= 0.6 is 11.6 Å². The average molecular weight is 441 g/mol. The number of aromatic nitrogens is 4. The van der Waals surface area contributed by atoms with Crippen LogP contribution in [0.2, 0.25) is 5.02 Å². The molecular formula is C24H17ClN6O. The first-order chi connectivity index (χ1) is 15.6. The van der Waals surface area contributed by atoms with Crippen molar-refractivity contribution in [2.24, 2.45) is 12.0 Å². The monoisotopic (exact) mass is 440 g/mol. The van der Waals surface area contributed by atoms with Gasteiger partial charge in [-0.25, -0.2) is 4.98 Å². The number of nitriles is 1. The number of pyridine rings is 2. The predicted molar refractivity (Wildman–Crippen MR) is 124 cm³/mol. The summed E-state index contributed by atoms with van der Waals surface area (Å²) in [5.41, 5.74) is 5.78. The number of nitrogens with zero attached hydrogens (tertiary/aromatic N) is 6. The first-order valence-electron chi connectivity index (χ1n) is 9.80. The summed E-state index contributed by atoms with van der Waals surface area (Å²) in [4.78, 5) is 13.1. The second-order valence-electron chi connectivity index (χ2n) is 7.20. The second kappa shape index (κ2) is 7.84. The van der Waals surface area contributed by atoms with E-state index in [-0.39, 0.29) is 0 Å². The van der Waals surface area contributed by atoms with Crippen molar-refractivity contribution in [2.75, 3.05) is 7.11 Å². The lowest BCUT2D eigenvalue weighted by atomic mass is 10.0. The molecule has 8 heteroatoms. The molecule has 5 aromatic rings. The lowest BCUT2D eigenvalue weighted by Crippen LogP contribution is -2.22. The van der Waals surface area contributed by atoms with Gasteiger partial charge >= 0.3 is 0 Å². The molecule has 0 saturated heterocycles. The minimum absolute atomic E-state index is 0.469. The molecule has 0 radical (unpaired) electrons. The summed E-state index contributed by atoms with van der Waals surface area (Å²) in [7, 11) is 3.43. The van der Waals surface area contributed by atoms with Crippen LogP contribution in [-0.2, 0) is 7.05 Å². The van der Waals surface area contributed by atoms with Gasteiger partial charge in [-0.3, -0.25) is 9.55 Å². The van der Waals surface area contributed by atoms with E-state index in [4.69, 9.17) is 16.3 Å². The van der Waals surface area contributed by atoms with Crippen LogP contribution in [0.5, 0.6) is 5.88 Å². The highest BCUT2D eigenvalue weighted by Gasteiger charge is 2.16. The zero-order valence-electron chi connectivity index (χ0n) is 17.3. The molecule has 2 aromatic carbocycles. The van der Waals surface area contributed by atoms with Crippen LogP contribution in [0.4, 0.5) is 0 Å². The number of hydrogen-bond donors (Lipinski definition) is 0. The third-order valence-electron chi connectivity index (χ3n) is 5.40. The second-order valence-corrected chi connectivity index (χ2v) is 7.64. The van der Waals surface area contributed by atoms with Gasteiger partial charge in [0.15, 0.2) is 0 Å². The maximum Gasteiger partial charge on any atom is 0.226 e. The minimum atomic E-state index is 0.469. The van der Waals surface area contributed by atoms with E-state index in [0.717, 1.165) is 38.8 Å². The van der Waals surface area contributed by atoms with E-state index < -0.39 is 0 Å². The molecule has 0 aliphatic heterocycles. The molecule has 3 aromatic heterocycles. The fourth-order valence-electron chi connectivity index (χ4n) is 3.89. The maximum absolute atomic E-state index is 9.35. The molecule has 0 saturated carbocycles. The zero-order chi connectivity index (χ0) is 22.2. The van der Waals surface area contributed by atoms with Crippen molar-refractivity contribution in [1.29, 1.82) is 5.26 Å². The quantitative estimate of drug-likeness (QED) is 0.383. The van der Waals surface area contributed by atoms with Crippen LogP contribution in [0, 0.1) is 11.5 Å². The van der Waals surface area contributed by atoms with Gasteiger partial charge in [-0.1, -0.05) is 29.8 Å². The molecule has 32 heavy (non-hydrogen) atoms. The van der Waals surface area contributed by atoms with Crippen LogP contribution in [0.15, 0.2) is 72.0 Å². The smallest absolute Gasteiger partial charge is 0.226 e. The Morgan fingerprint density at radius 3 is 2.59 bits per heavy atom. The van der Waals surface area contributed by atoms with Gasteiger partial charge in [-0.05, 0) is 41.5 Å². The summed E-state index contributed by atoms with van der Waals surface area (Å²) in [5, 5.41) is 10.9. The van der Waals surface area contributed by atoms with Crippen molar-refractivity contribution < 1.29 is 4.74 Å². The predicted octanol–water partition coefficient (Wildman–Crippen LogP) is 4.62. The number of aryl methyl sites for hydroxylation is 1. The largest absolute Gasteiger partial charge is 0.481 e. The number of fused-ring (bicyclic) bond motifs is 3. The molecule has 7 nitrogen and oxygen atoms in total. The SMILES string of the molecule is COc1ccc(-n2c(=NC#N)n(C)c3cnc4ccc(-c5cccc(Cl)c5)cc4c32)cn1. The van der Waals surface area contributed by atoms with Gasteiger partial charge in [-0.2, -0.15) is 5.26 Å². The fraction of sp³-hybridized carbons (Fsp3) is 0.0833. The highest BCUT2D eigenvalue weighted by atomic mass is 35.5. The molecule has 0 aliphatic rings. The van der Waals surface area contributed by atoms with E-state index in [2.05, 4.69) is 21.0 Å². The molecule has 0 atom stereocenters. The minimum Gasteiger partial charge on any atom is -0.481 e. The molecule has 0 aliphatic carbocycles. The van der Waals surface area contributed by atoms with E-state index in [1.807, 2.05) is 64.8 Å². The lowest BCUT2D eigenvalue weighted by molar-refractivity contribution is 0.398. The van der Waals surface area contributed by atoms with Gasteiger partial charge in [0.25, 0.3) is 0 Å². The average Bonchev–Trinajstić information content (AvgIpc) is 3.11. The highest BCUT2D eigenvalue weighted by Crippen LogP contribution is 2.30. The topological polar surface area (TPSA) is 81.0 Å². The number of halogens is 1. The van der Waals surface area contributed by atoms with Crippen LogP contribution in [0.25, 0.3) is 38.8 Å². The van der Waals surface area contributed by atoms with E-state index >= 15 is 0 Å². The Balaban J connectivity index is 1.89. The Bertz CT molecular complexity index is 1590. The molecule has 0 N–H and O–H groups in total. The summed E-state index contributed by atoms with van der Waals surface area (Å²) in [5.74, 6) is 0.503. The molecule has 0 bridgehead atoms. The van der Waals surface area contributed by atoms with Gasteiger partial charge in [0, 0.05) is 23.5 Å². The number of hydrogen-bond acceptors (Lipinski definition) is 5. The van der Waals surface area contributed by atoms with Crippen molar-refractivity contribution in [3.05, 3.63) is 77.6 Å².